The molecule has 3 nitrogen and oxygen atoms in total. The normalized spacial score (nSPS) is 33.6. The number of amides is 1. The summed E-state index contributed by atoms with van der Waals surface area (Å²) in [6, 6.07) is 11.6. The van der Waals surface area contributed by atoms with E-state index in [0.29, 0.717) is 0 Å². The maximum absolute atomic E-state index is 12.8. The van der Waals surface area contributed by atoms with Crippen LogP contribution in [-0.4, -0.2) is 11.4 Å². The minimum absolute atomic E-state index is 0.0749. The van der Waals surface area contributed by atoms with Gasteiger partial charge in [-0.15, -0.1) is 0 Å². The van der Waals surface area contributed by atoms with E-state index in [9.17, 15) is 4.79 Å². The zero-order valence-corrected chi connectivity index (χ0v) is 13.8. The topological polar surface area (TPSA) is 42.2 Å². The molecule has 2 aromatic rings. The molecule has 1 aromatic heterocycles. The minimum atomic E-state index is 0.0749. The molecule has 6 rings (SSSR count). The zero-order valence-electron chi connectivity index (χ0n) is 13.8. The number of hydrogen-bond acceptors (Lipinski definition) is 2. The van der Waals surface area contributed by atoms with Gasteiger partial charge in [-0.1, -0.05) is 12.1 Å². The summed E-state index contributed by atoms with van der Waals surface area (Å²) in [5.41, 5.74) is 1.83. The van der Waals surface area contributed by atoms with Gasteiger partial charge in [0, 0.05) is 16.7 Å². The van der Waals surface area contributed by atoms with Crippen LogP contribution in [0, 0.1) is 17.8 Å². The third kappa shape index (κ3) is 2.38. The van der Waals surface area contributed by atoms with Crippen molar-refractivity contribution in [3.05, 3.63) is 48.2 Å². The molecule has 24 heavy (non-hydrogen) atoms. The molecule has 0 radical (unpaired) electrons. The Balaban J connectivity index is 1.34. The number of carbonyl (C=O) groups is 1. The van der Waals surface area contributed by atoms with Gasteiger partial charge in [0.1, 0.15) is 5.76 Å². The number of hydrogen-bond donors (Lipinski definition) is 1. The first-order chi connectivity index (χ1) is 11.7. The van der Waals surface area contributed by atoms with E-state index in [1.54, 1.807) is 6.26 Å². The lowest BCUT2D eigenvalue weighted by atomic mass is 9.53. The largest absolute Gasteiger partial charge is 0.464 e. The van der Waals surface area contributed by atoms with E-state index in [0.717, 1.165) is 34.6 Å². The van der Waals surface area contributed by atoms with E-state index in [4.69, 9.17) is 4.42 Å². The Morgan fingerprint density at radius 2 is 1.58 bits per heavy atom. The molecule has 1 heterocycles. The van der Waals surface area contributed by atoms with Gasteiger partial charge < -0.3 is 9.73 Å². The van der Waals surface area contributed by atoms with Gasteiger partial charge in [0.15, 0.2) is 0 Å². The van der Waals surface area contributed by atoms with Crippen LogP contribution in [0.5, 0.6) is 0 Å². The fraction of sp³-hybridized carbons (Fsp3) is 0.476. The van der Waals surface area contributed by atoms with Gasteiger partial charge in [0.05, 0.1) is 6.26 Å². The highest BCUT2D eigenvalue weighted by Crippen LogP contribution is 2.55. The number of carbonyl (C=O) groups excluding carboxylic acids is 1. The van der Waals surface area contributed by atoms with Gasteiger partial charge in [-0.25, -0.2) is 0 Å². The van der Waals surface area contributed by atoms with E-state index < -0.39 is 0 Å². The predicted molar refractivity (Wildman–Crippen MR) is 92.5 cm³/mol. The fourth-order valence-electron chi connectivity index (χ4n) is 5.81. The molecule has 0 aliphatic heterocycles. The van der Waals surface area contributed by atoms with Gasteiger partial charge in [-0.05, 0) is 80.5 Å². The molecule has 4 saturated carbocycles. The van der Waals surface area contributed by atoms with Crippen LogP contribution >= 0.6 is 0 Å². The van der Waals surface area contributed by atoms with E-state index in [1.165, 1.54) is 38.5 Å². The number of benzene rings is 1. The maximum Gasteiger partial charge on any atom is 0.251 e. The van der Waals surface area contributed by atoms with Crippen molar-refractivity contribution in [3.63, 3.8) is 0 Å². The molecule has 1 aromatic carbocycles. The van der Waals surface area contributed by atoms with Crippen molar-refractivity contribution in [3.8, 4) is 11.3 Å². The monoisotopic (exact) mass is 321 g/mol. The first-order valence-corrected chi connectivity index (χ1v) is 9.16. The smallest absolute Gasteiger partial charge is 0.251 e. The molecular weight excluding hydrogens is 298 g/mol. The third-order valence-electron chi connectivity index (χ3n) is 6.37. The van der Waals surface area contributed by atoms with Crippen LogP contribution in [0.1, 0.15) is 48.9 Å². The molecule has 0 unspecified atom stereocenters. The van der Waals surface area contributed by atoms with Crippen LogP contribution in [0.25, 0.3) is 11.3 Å². The molecule has 4 aliphatic carbocycles. The van der Waals surface area contributed by atoms with Crippen LogP contribution in [0.15, 0.2) is 47.1 Å². The summed E-state index contributed by atoms with van der Waals surface area (Å²) in [7, 11) is 0. The lowest BCUT2D eigenvalue weighted by molar-refractivity contribution is -0.0167. The minimum Gasteiger partial charge on any atom is -0.464 e. The lowest BCUT2D eigenvalue weighted by Gasteiger charge is -2.56. The Morgan fingerprint density at radius 3 is 2.12 bits per heavy atom. The van der Waals surface area contributed by atoms with E-state index in [1.807, 2.05) is 36.4 Å². The molecule has 0 spiro atoms. The van der Waals surface area contributed by atoms with Crippen molar-refractivity contribution in [2.24, 2.45) is 17.8 Å². The molecule has 4 fully saturated rings. The summed E-state index contributed by atoms with van der Waals surface area (Å²) in [5, 5.41) is 3.43. The molecule has 0 atom stereocenters. The molecule has 1 amide bonds. The second-order valence-electron chi connectivity index (χ2n) is 8.21. The molecule has 4 bridgehead atoms. The van der Waals surface area contributed by atoms with Crippen LogP contribution < -0.4 is 5.32 Å². The summed E-state index contributed by atoms with van der Waals surface area (Å²) in [5.74, 6) is 3.46. The maximum atomic E-state index is 12.8. The van der Waals surface area contributed by atoms with Gasteiger partial charge in [-0.3, -0.25) is 4.79 Å². The molecule has 1 N–H and O–H groups in total. The van der Waals surface area contributed by atoms with Crippen molar-refractivity contribution >= 4 is 5.91 Å². The standard InChI is InChI=1S/C21H23NO2/c23-20(18-5-3-17(4-6-18)19-2-1-7-24-19)22-21-11-14-8-15(12-21)10-16(9-14)13-21/h1-7,14-16H,8-13H2,(H,22,23). The number of rotatable bonds is 3. The van der Waals surface area contributed by atoms with E-state index >= 15 is 0 Å². The van der Waals surface area contributed by atoms with Gasteiger partial charge in [0.2, 0.25) is 0 Å². The van der Waals surface area contributed by atoms with Crippen LogP contribution in [0.2, 0.25) is 0 Å². The summed E-state index contributed by atoms with van der Waals surface area (Å²) in [6.45, 7) is 0. The first kappa shape index (κ1) is 14.3. The molecule has 0 saturated heterocycles. The lowest BCUT2D eigenvalue weighted by Crippen LogP contribution is -2.59. The Kier molecular flexibility index (Phi) is 3.12. The van der Waals surface area contributed by atoms with Crippen LogP contribution in [0.3, 0.4) is 0 Å². The summed E-state index contributed by atoms with van der Waals surface area (Å²) in [6.07, 6.45) is 9.43. The predicted octanol–water partition coefficient (Wildman–Crippen LogP) is 4.65. The van der Waals surface area contributed by atoms with Crippen molar-refractivity contribution in [1.29, 1.82) is 0 Å². The van der Waals surface area contributed by atoms with Crippen LogP contribution in [-0.2, 0) is 0 Å². The zero-order chi connectivity index (χ0) is 16.1. The Labute approximate surface area is 142 Å². The molecule has 124 valence electrons. The fourth-order valence-corrected chi connectivity index (χ4v) is 5.81. The Hall–Kier alpha value is -2.03. The van der Waals surface area contributed by atoms with E-state index in [-0.39, 0.29) is 11.4 Å². The highest BCUT2D eigenvalue weighted by molar-refractivity contribution is 5.95. The second-order valence-corrected chi connectivity index (χ2v) is 8.21. The summed E-state index contributed by atoms with van der Waals surface area (Å²) < 4.78 is 5.41. The Bertz CT molecular complexity index is 709. The molecule has 3 heteroatoms. The third-order valence-corrected chi connectivity index (χ3v) is 6.37. The SMILES string of the molecule is O=C(NC12CC3CC(CC(C3)C1)C2)c1ccc(-c2ccco2)cc1. The van der Waals surface area contributed by atoms with Crippen molar-refractivity contribution in [2.75, 3.05) is 0 Å². The second kappa shape index (κ2) is 5.23. The van der Waals surface area contributed by atoms with Crippen LogP contribution in [0.4, 0.5) is 0 Å². The van der Waals surface area contributed by atoms with Crippen molar-refractivity contribution < 1.29 is 9.21 Å². The van der Waals surface area contributed by atoms with Gasteiger partial charge in [-0.2, -0.15) is 0 Å². The highest BCUT2D eigenvalue weighted by atomic mass is 16.3. The number of furan rings is 1. The Morgan fingerprint density at radius 1 is 0.958 bits per heavy atom. The van der Waals surface area contributed by atoms with Crippen molar-refractivity contribution in [1.82, 2.24) is 5.32 Å². The summed E-state index contributed by atoms with van der Waals surface area (Å²) in [4.78, 5) is 12.8. The quantitative estimate of drug-likeness (QED) is 0.894. The highest BCUT2D eigenvalue weighted by Gasteiger charge is 2.51. The first-order valence-electron chi connectivity index (χ1n) is 9.16. The molecule has 4 aliphatic rings. The molecular formula is C21H23NO2. The van der Waals surface area contributed by atoms with Gasteiger partial charge in [0.25, 0.3) is 5.91 Å². The van der Waals surface area contributed by atoms with E-state index in [2.05, 4.69) is 5.32 Å². The summed E-state index contributed by atoms with van der Waals surface area (Å²) >= 11 is 0. The van der Waals surface area contributed by atoms with Crippen molar-refractivity contribution in [2.45, 2.75) is 44.1 Å². The average molecular weight is 321 g/mol. The van der Waals surface area contributed by atoms with Gasteiger partial charge >= 0.3 is 0 Å². The average Bonchev–Trinajstić information content (AvgIpc) is 3.07. The number of nitrogens with one attached hydrogen (secondary N) is 1.